The third-order valence-electron chi connectivity index (χ3n) is 2.17. The van der Waals surface area contributed by atoms with Crippen LogP contribution in [0.15, 0.2) is 0 Å². The van der Waals surface area contributed by atoms with Gasteiger partial charge in [-0.2, -0.15) is 0 Å². The summed E-state index contributed by atoms with van der Waals surface area (Å²) in [5.74, 6) is -4.91. The molecular formula is C10H21N2Na3O9. The summed E-state index contributed by atoms with van der Waals surface area (Å²) in [6, 6.07) is 0. The number of carbonyl (C=O) groups is 4. The summed E-state index contributed by atoms with van der Waals surface area (Å²) in [6.45, 7) is -2.25. The summed E-state index contributed by atoms with van der Waals surface area (Å²) in [7, 11) is 0. The van der Waals surface area contributed by atoms with Crippen LogP contribution in [0.4, 0.5) is 0 Å². The standard InChI is InChI=1S/C10H16N2O8.3Na.H2O.3H/c13-7(14)3-11(4-8(15)16)1-2-12(5-9(17)18)6-10(19)20;;;;;;;/h1-6H2,(H,13,14)(H,15,16)(H,17,18)(H,19,20);;;;1H2;;;/q;3*+1;;3*-1. The first-order valence-corrected chi connectivity index (χ1v) is 5.52. The molecule has 24 heavy (non-hydrogen) atoms. The van der Waals surface area contributed by atoms with E-state index in [1.807, 2.05) is 0 Å². The van der Waals surface area contributed by atoms with Crippen LogP contribution in [0.3, 0.4) is 0 Å². The molecule has 0 aliphatic carbocycles. The average Bonchev–Trinajstić information content (AvgIpc) is 2.22. The molecule has 0 saturated carbocycles. The van der Waals surface area contributed by atoms with E-state index >= 15 is 0 Å². The molecular weight excluding hydrogens is 361 g/mol. The maximum Gasteiger partial charge on any atom is 1.00 e. The quantitative estimate of drug-likeness (QED) is 0.250. The molecule has 0 fully saturated rings. The fraction of sp³-hybridized carbons (Fsp3) is 0.600. The Balaban J connectivity index is -0.0000000860. The Morgan fingerprint density at radius 3 is 0.875 bits per heavy atom. The summed E-state index contributed by atoms with van der Waals surface area (Å²) in [5.41, 5.74) is 0. The van der Waals surface area contributed by atoms with Gasteiger partial charge >= 0.3 is 113 Å². The van der Waals surface area contributed by atoms with E-state index < -0.39 is 50.1 Å². The minimum absolute atomic E-state index is 0. The Labute approximate surface area is 209 Å². The van der Waals surface area contributed by atoms with E-state index in [-0.39, 0.29) is 112 Å². The van der Waals surface area contributed by atoms with Gasteiger partial charge in [-0.3, -0.25) is 29.0 Å². The van der Waals surface area contributed by atoms with Gasteiger partial charge in [-0.1, -0.05) is 0 Å². The number of hydrogen-bond donors (Lipinski definition) is 4. The first-order chi connectivity index (χ1) is 9.20. The van der Waals surface area contributed by atoms with Crippen molar-refractivity contribution in [3.63, 3.8) is 0 Å². The second-order valence-electron chi connectivity index (χ2n) is 4.00. The molecule has 0 aliphatic heterocycles. The van der Waals surface area contributed by atoms with Gasteiger partial charge in [0.2, 0.25) is 0 Å². The van der Waals surface area contributed by atoms with Gasteiger partial charge in [-0.15, -0.1) is 0 Å². The van der Waals surface area contributed by atoms with Gasteiger partial charge < -0.3 is 30.2 Å². The van der Waals surface area contributed by atoms with E-state index in [4.69, 9.17) is 20.4 Å². The molecule has 0 amide bonds. The predicted molar refractivity (Wildman–Crippen MR) is 70.4 cm³/mol. The summed E-state index contributed by atoms with van der Waals surface area (Å²) in [4.78, 5) is 44.4. The molecule has 0 atom stereocenters. The Morgan fingerprint density at radius 2 is 0.750 bits per heavy atom. The summed E-state index contributed by atoms with van der Waals surface area (Å²) >= 11 is 0. The van der Waals surface area contributed by atoms with Crippen molar-refractivity contribution < 1.29 is 138 Å². The number of aliphatic carboxylic acids is 4. The Bertz CT molecular complexity index is 343. The van der Waals surface area contributed by atoms with Gasteiger partial charge in [0.15, 0.2) is 0 Å². The Kier molecular flexibility index (Phi) is 29.9. The van der Waals surface area contributed by atoms with Crippen LogP contribution in [-0.2, 0) is 19.2 Å². The molecule has 0 spiro atoms. The fourth-order valence-corrected chi connectivity index (χ4v) is 1.48. The van der Waals surface area contributed by atoms with E-state index in [2.05, 4.69) is 0 Å². The van der Waals surface area contributed by atoms with E-state index in [1.165, 1.54) is 0 Å². The second-order valence-corrected chi connectivity index (χ2v) is 4.00. The Morgan fingerprint density at radius 1 is 0.583 bits per heavy atom. The van der Waals surface area contributed by atoms with E-state index in [9.17, 15) is 19.2 Å². The molecule has 0 unspecified atom stereocenters. The fourth-order valence-electron chi connectivity index (χ4n) is 1.48. The molecule has 0 rings (SSSR count). The first-order valence-electron chi connectivity index (χ1n) is 5.52. The molecule has 11 nitrogen and oxygen atoms in total. The van der Waals surface area contributed by atoms with Crippen LogP contribution < -0.4 is 88.7 Å². The largest absolute Gasteiger partial charge is 1.00 e. The third-order valence-corrected chi connectivity index (χ3v) is 2.17. The summed E-state index contributed by atoms with van der Waals surface area (Å²) < 4.78 is 0. The van der Waals surface area contributed by atoms with Gasteiger partial charge in [-0.05, 0) is 0 Å². The van der Waals surface area contributed by atoms with Crippen LogP contribution in [-0.4, -0.2) is 98.8 Å². The number of nitrogens with zero attached hydrogens (tertiary/aromatic N) is 2. The van der Waals surface area contributed by atoms with Crippen molar-refractivity contribution in [3.05, 3.63) is 0 Å². The van der Waals surface area contributed by atoms with E-state index in [1.54, 1.807) is 0 Å². The zero-order chi connectivity index (χ0) is 15.7. The van der Waals surface area contributed by atoms with E-state index in [0.29, 0.717) is 0 Å². The van der Waals surface area contributed by atoms with Gasteiger partial charge in [0.1, 0.15) is 0 Å². The molecule has 0 aliphatic rings. The number of rotatable bonds is 11. The van der Waals surface area contributed by atoms with Crippen molar-refractivity contribution in [3.8, 4) is 0 Å². The minimum atomic E-state index is -1.23. The van der Waals surface area contributed by atoms with Crippen LogP contribution >= 0.6 is 0 Å². The maximum atomic E-state index is 10.6. The molecule has 128 valence electrons. The third kappa shape index (κ3) is 22.8. The van der Waals surface area contributed by atoms with Crippen molar-refractivity contribution in [1.29, 1.82) is 0 Å². The zero-order valence-corrected chi connectivity index (χ0v) is 20.1. The van der Waals surface area contributed by atoms with Crippen molar-refractivity contribution >= 4 is 23.9 Å². The number of hydrogen-bond acceptors (Lipinski definition) is 6. The van der Waals surface area contributed by atoms with Gasteiger partial charge in [0.25, 0.3) is 0 Å². The van der Waals surface area contributed by atoms with Crippen LogP contribution in [0.2, 0.25) is 0 Å². The first kappa shape index (κ1) is 35.8. The zero-order valence-electron chi connectivity index (χ0n) is 17.1. The van der Waals surface area contributed by atoms with Crippen molar-refractivity contribution in [2.75, 3.05) is 39.3 Å². The van der Waals surface area contributed by atoms with Gasteiger partial charge in [0, 0.05) is 13.1 Å². The molecule has 0 aromatic heterocycles. The maximum absolute atomic E-state index is 10.6. The second kappa shape index (κ2) is 20.1. The van der Waals surface area contributed by atoms with Crippen LogP contribution in [0, 0.1) is 0 Å². The van der Waals surface area contributed by atoms with Crippen LogP contribution in [0.25, 0.3) is 0 Å². The van der Waals surface area contributed by atoms with Gasteiger partial charge in [0.05, 0.1) is 26.2 Å². The molecule has 14 heteroatoms. The van der Waals surface area contributed by atoms with Crippen molar-refractivity contribution in [2.45, 2.75) is 0 Å². The van der Waals surface area contributed by atoms with Crippen molar-refractivity contribution in [1.82, 2.24) is 9.80 Å². The molecule has 0 aromatic carbocycles. The monoisotopic (exact) mass is 382 g/mol. The Hall–Kier alpha value is 0.760. The molecule has 0 aromatic rings. The minimum Gasteiger partial charge on any atom is -1.00 e. The van der Waals surface area contributed by atoms with Crippen molar-refractivity contribution in [2.24, 2.45) is 0 Å². The topological polar surface area (TPSA) is 187 Å². The van der Waals surface area contributed by atoms with Crippen LogP contribution in [0.5, 0.6) is 0 Å². The van der Waals surface area contributed by atoms with Gasteiger partial charge in [-0.25, -0.2) is 0 Å². The molecule has 0 bridgehead atoms. The smallest absolute Gasteiger partial charge is 1.00 e. The summed E-state index contributed by atoms with van der Waals surface area (Å²) in [6.07, 6.45) is 0. The normalized spacial score (nSPS) is 8.92. The van der Waals surface area contributed by atoms with E-state index in [0.717, 1.165) is 9.80 Å². The number of carboxylic acids is 4. The molecule has 6 N–H and O–H groups in total. The average molecular weight is 382 g/mol. The molecule has 0 radical (unpaired) electrons. The summed E-state index contributed by atoms with van der Waals surface area (Å²) in [5, 5.41) is 34.5. The molecule has 0 saturated heterocycles. The SMILES string of the molecule is O.O=C(O)CN(CCN(CC(=O)O)CC(=O)O)CC(=O)O.[H-].[H-].[H-].[Na+].[Na+].[Na+]. The van der Waals surface area contributed by atoms with Crippen LogP contribution in [0.1, 0.15) is 4.28 Å². The number of carboxylic acid groups (broad SMARTS) is 4. The molecule has 0 heterocycles. The predicted octanol–water partition coefficient (Wildman–Crippen LogP) is -11.5.